The summed E-state index contributed by atoms with van der Waals surface area (Å²) in [6, 6.07) is 3.03. The number of hydrogen-bond donors (Lipinski definition) is 3. The minimum Gasteiger partial charge on any atom is -0.358 e. The quantitative estimate of drug-likeness (QED) is 0.592. The Morgan fingerprint density at radius 2 is 2.14 bits per heavy atom. The molecule has 8 nitrogen and oxygen atoms in total. The van der Waals surface area contributed by atoms with Gasteiger partial charge in [-0.1, -0.05) is 6.07 Å². The van der Waals surface area contributed by atoms with Gasteiger partial charge in [-0.3, -0.25) is 9.40 Å². The summed E-state index contributed by atoms with van der Waals surface area (Å²) in [7, 11) is -4.12. The Morgan fingerprint density at radius 1 is 1.43 bits per heavy atom. The van der Waals surface area contributed by atoms with E-state index in [1.807, 2.05) is 6.07 Å². The van der Waals surface area contributed by atoms with E-state index in [1.54, 1.807) is 13.0 Å². The lowest BCUT2D eigenvalue weighted by atomic mass is 10.1. The summed E-state index contributed by atoms with van der Waals surface area (Å²) < 4.78 is 66.1. The van der Waals surface area contributed by atoms with Crippen molar-refractivity contribution in [2.24, 2.45) is 5.73 Å². The zero-order chi connectivity index (χ0) is 20.7. The number of aromatic amines is 1. The fourth-order valence-electron chi connectivity index (χ4n) is 2.69. The lowest BCUT2D eigenvalue weighted by Gasteiger charge is -2.15. The number of benzene rings is 1. The summed E-state index contributed by atoms with van der Waals surface area (Å²) in [4.78, 5) is 2.54. The zero-order valence-corrected chi connectivity index (χ0v) is 15.3. The van der Waals surface area contributed by atoms with E-state index in [0.717, 1.165) is 22.6 Å². The second-order valence-corrected chi connectivity index (χ2v) is 7.83. The van der Waals surface area contributed by atoms with Crippen LogP contribution < -0.4 is 10.5 Å². The summed E-state index contributed by atoms with van der Waals surface area (Å²) in [5.74, 6) is 0. The van der Waals surface area contributed by atoms with E-state index in [0.29, 0.717) is 16.5 Å². The molecule has 0 saturated heterocycles. The normalized spacial score (nSPS) is 13.4. The maximum absolute atomic E-state index is 12.6. The number of nitriles is 1. The number of halogens is 3. The third kappa shape index (κ3) is 3.67. The van der Waals surface area contributed by atoms with Gasteiger partial charge in [0.25, 0.3) is 10.0 Å². The van der Waals surface area contributed by atoms with Gasteiger partial charge in [0.2, 0.25) is 0 Å². The van der Waals surface area contributed by atoms with Gasteiger partial charge in [0, 0.05) is 17.8 Å². The lowest BCUT2D eigenvalue weighted by Crippen LogP contribution is -2.40. The summed E-state index contributed by atoms with van der Waals surface area (Å²) in [5, 5.41) is 13.4. The van der Waals surface area contributed by atoms with Crippen LogP contribution in [-0.4, -0.2) is 35.4 Å². The molecule has 1 aromatic carbocycles. The van der Waals surface area contributed by atoms with E-state index in [1.165, 1.54) is 12.3 Å². The highest BCUT2D eigenvalue weighted by Crippen LogP contribution is 2.30. The number of H-pyrrole nitrogens is 1. The van der Waals surface area contributed by atoms with E-state index in [-0.39, 0.29) is 10.6 Å². The van der Waals surface area contributed by atoms with Crippen molar-refractivity contribution in [3.63, 3.8) is 0 Å². The molecule has 0 amide bonds. The van der Waals surface area contributed by atoms with Crippen molar-refractivity contribution < 1.29 is 21.6 Å². The Balaban J connectivity index is 1.90. The van der Waals surface area contributed by atoms with Gasteiger partial charge in [0.05, 0.1) is 29.5 Å². The molecule has 4 N–H and O–H groups in total. The molecule has 3 rings (SSSR count). The number of nitrogens with one attached hydrogen (secondary N) is 2. The molecule has 0 unspecified atom stereocenters. The molecule has 148 valence electrons. The van der Waals surface area contributed by atoms with E-state index >= 15 is 0 Å². The molecule has 1 atom stereocenters. The third-order valence-electron chi connectivity index (χ3n) is 4.13. The average molecular weight is 412 g/mol. The number of rotatable bonds is 5. The van der Waals surface area contributed by atoms with Crippen molar-refractivity contribution in [3.05, 3.63) is 41.9 Å². The lowest BCUT2D eigenvalue weighted by molar-refractivity contribution is -0.150. The fourth-order valence-corrected chi connectivity index (χ4v) is 3.71. The van der Waals surface area contributed by atoms with Crippen molar-refractivity contribution in [2.45, 2.75) is 30.6 Å². The van der Waals surface area contributed by atoms with Crippen LogP contribution in [0.4, 0.5) is 18.9 Å². The number of nitrogens with two attached hydrogens (primary N) is 1. The molecule has 28 heavy (non-hydrogen) atoms. The Labute approximate surface area is 157 Å². The number of aromatic nitrogens is 3. The van der Waals surface area contributed by atoms with Gasteiger partial charge in [-0.25, -0.2) is 8.42 Å². The molecule has 3 aromatic rings. The van der Waals surface area contributed by atoms with Crippen molar-refractivity contribution >= 4 is 26.6 Å². The van der Waals surface area contributed by atoms with E-state index in [9.17, 15) is 26.9 Å². The number of anilines is 1. The number of fused-ring (bicyclic) bond motifs is 1. The standard InChI is InChI=1S/C16H15F3N6O2S/c1-9-2-3-12(15-14(9)10(4-20)5-22-15)24-28(26,27)11-6-23-25(7-11)8-13(21)16(17,18)19/h2-3,5-7,13,22,24H,8,21H2,1H3/t13-/m0/s1. The molecular formula is C16H15F3N6O2S. The van der Waals surface area contributed by atoms with Crippen LogP contribution in [0.2, 0.25) is 0 Å². The molecule has 2 heterocycles. The van der Waals surface area contributed by atoms with Gasteiger partial charge in [0.15, 0.2) is 0 Å². The average Bonchev–Trinajstić information content (AvgIpc) is 3.24. The van der Waals surface area contributed by atoms with Crippen LogP contribution in [0.15, 0.2) is 35.6 Å². The van der Waals surface area contributed by atoms with Crippen LogP contribution in [0.1, 0.15) is 11.1 Å². The number of nitrogens with zero attached hydrogens (tertiary/aromatic N) is 3. The Kier molecular flexibility index (Phi) is 4.82. The highest BCUT2D eigenvalue weighted by molar-refractivity contribution is 7.92. The molecule has 0 radical (unpaired) electrons. The highest BCUT2D eigenvalue weighted by Gasteiger charge is 2.37. The number of hydrogen-bond acceptors (Lipinski definition) is 5. The minimum absolute atomic E-state index is 0.196. The van der Waals surface area contributed by atoms with Crippen LogP contribution in [-0.2, 0) is 16.6 Å². The van der Waals surface area contributed by atoms with Crippen molar-refractivity contribution in [1.82, 2.24) is 14.8 Å². The molecule has 0 aliphatic rings. The van der Waals surface area contributed by atoms with Crippen LogP contribution in [0.5, 0.6) is 0 Å². The molecule has 0 saturated carbocycles. The summed E-state index contributed by atoms with van der Waals surface area (Å²) in [5.41, 5.74) is 6.80. The minimum atomic E-state index is -4.62. The van der Waals surface area contributed by atoms with Crippen LogP contribution in [0.25, 0.3) is 10.9 Å². The molecule has 2 aromatic heterocycles. The number of sulfonamides is 1. The van der Waals surface area contributed by atoms with Crippen molar-refractivity contribution in [1.29, 1.82) is 5.26 Å². The number of aryl methyl sites for hydroxylation is 1. The van der Waals surface area contributed by atoms with Gasteiger partial charge in [-0.05, 0) is 18.6 Å². The first-order chi connectivity index (χ1) is 13.0. The van der Waals surface area contributed by atoms with Crippen molar-refractivity contribution in [3.8, 4) is 6.07 Å². The van der Waals surface area contributed by atoms with Gasteiger partial charge >= 0.3 is 6.18 Å². The molecular weight excluding hydrogens is 397 g/mol. The number of alkyl halides is 3. The predicted octanol–water partition coefficient (Wildman–Crippen LogP) is 2.23. The first kappa shape index (κ1) is 19.7. The predicted molar refractivity (Wildman–Crippen MR) is 94.8 cm³/mol. The van der Waals surface area contributed by atoms with Crippen molar-refractivity contribution in [2.75, 3.05) is 4.72 Å². The monoisotopic (exact) mass is 412 g/mol. The molecule has 0 fully saturated rings. The topological polar surface area (TPSA) is 130 Å². The summed E-state index contributed by atoms with van der Waals surface area (Å²) in [6.45, 7) is 1.07. The SMILES string of the molecule is Cc1ccc(NS(=O)(=O)c2cnn(C[C@H](N)C(F)(F)F)c2)c2[nH]cc(C#N)c12. The third-order valence-corrected chi connectivity index (χ3v) is 5.45. The van der Waals surface area contributed by atoms with E-state index in [4.69, 9.17) is 5.73 Å². The second kappa shape index (κ2) is 6.84. The van der Waals surface area contributed by atoms with Gasteiger partial charge in [-0.2, -0.15) is 23.5 Å². The first-order valence-electron chi connectivity index (χ1n) is 7.91. The first-order valence-corrected chi connectivity index (χ1v) is 9.39. The molecule has 12 heteroatoms. The summed E-state index contributed by atoms with van der Waals surface area (Å²) in [6.07, 6.45) is -1.25. The van der Waals surface area contributed by atoms with E-state index < -0.39 is 28.8 Å². The smallest absolute Gasteiger partial charge is 0.358 e. The Bertz CT molecular complexity index is 1170. The zero-order valence-electron chi connectivity index (χ0n) is 14.4. The Morgan fingerprint density at radius 3 is 2.79 bits per heavy atom. The summed E-state index contributed by atoms with van der Waals surface area (Å²) >= 11 is 0. The van der Waals surface area contributed by atoms with Gasteiger partial charge < -0.3 is 10.7 Å². The Hall–Kier alpha value is -3.04. The maximum Gasteiger partial charge on any atom is 0.405 e. The maximum atomic E-state index is 12.6. The molecule has 0 bridgehead atoms. The van der Waals surface area contributed by atoms with Gasteiger partial charge in [-0.15, -0.1) is 0 Å². The largest absolute Gasteiger partial charge is 0.405 e. The van der Waals surface area contributed by atoms with E-state index in [2.05, 4.69) is 14.8 Å². The highest BCUT2D eigenvalue weighted by atomic mass is 32.2. The molecule has 0 spiro atoms. The van der Waals surface area contributed by atoms with Crippen LogP contribution >= 0.6 is 0 Å². The molecule has 0 aliphatic carbocycles. The van der Waals surface area contributed by atoms with Crippen LogP contribution in [0.3, 0.4) is 0 Å². The van der Waals surface area contributed by atoms with Gasteiger partial charge in [0.1, 0.15) is 17.0 Å². The molecule has 0 aliphatic heterocycles. The van der Waals surface area contributed by atoms with Crippen LogP contribution in [0, 0.1) is 18.3 Å². The fraction of sp³-hybridized carbons (Fsp3) is 0.250. The second-order valence-electron chi connectivity index (χ2n) is 6.15.